The molecule has 0 aliphatic rings. The lowest BCUT2D eigenvalue weighted by Gasteiger charge is -2.21. The van der Waals surface area contributed by atoms with Gasteiger partial charge in [-0.25, -0.2) is 4.39 Å². The Hall–Kier alpha value is -0.930. The van der Waals surface area contributed by atoms with E-state index >= 15 is 0 Å². The molecular formula is C14H23FN2. The van der Waals surface area contributed by atoms with Gasteiger partial charge in [-0.2, -0.15) is 0 Å². The van der Waals surface area contributed by atoms with Crippen molar-refractivity contribution in [1.29, 1.82) is 0 Å². The van der Waals surface area contributed by atoms with Crippen molar-refractivity contribution in [2.45, 2.75) is 32.7 Å². The first kappa shape index (κ1) is 14.1. The minimum absolute atomic E-state index is 0.00139. The largest absolute Gasteiger partial charge is 0.324 e. The van der Waals surface area contributed by atoms with Gasteiger partial charge in [0.1, 0.15) is 5.82 Å². The Balaban J connectivity index is 2.43. The van der Waals surface area contributed by atoms with Crippen LogP contribution in [0.1, 0.15) is 38.3 Å². The molecule has 3 heteroatoms. The van der Waals surface area contributed by atoms with Crippen LogP contribution in [0.3, 0.4) is 0 Å². The molecule has 17 heavy (non-hydrogen) atoms. The highest BCUT2D eigenvalue weighted by molar-refractivity contribution is 5.19. The molecule has 96 valence electrons. The van der Waals surface area contributed by atoms with Gasteiger partial charge < -0.3 is 10.6 Å². The van der Waals surface area contributed by atoms with Crippen LogP contribution in [-0.4, -0.2) is 24.5 Å². The van der Waals surface area contributed by atoms with Gasteiger partial charge in [0.05, 0.1) is 0 Å². The van der Waals surface area contributed by atoms with Crippen LogP contribution in [0, 0.1) is 5.82 Å². The topological polar surface area (TPSA) is 29.3 Å². The number of nitrogens with two attached hydrogens (primary N) is 1. The molecule has 1 aromatic carbocycles. The van der Waals surface area contributed by atoms with E-state index in [-0.39, 0.29) is 11.9 Å². The standard InChI is InChI=1S/C14H23FN2/c1-3-10-17(4-2)11-9-14(16)12-5-7-13(15)8-6-12/h5-8,14H,3-4,9-11,16H2,1-2H3. The van der Waals surface area contributed by atoms with Crippen LogP contribution >= 0.6 is 0 Å². The first-order valence-corrected chi connectivity index (χ1v) is 6.40. The fraction of sp³-hybridized carbons (Fsp3) is 0.571. The van der Waals surface area contributed by atoms with Gasteiger partial charge in [0.15, 0.2) is 0 Å². The summed E-state index contributed by atoms with van der Waals surface area (Å²) in [6.45, 7) is 7.53. The van der Waals surface area contributed by atoms with Gasteiger partial charge in [-0.05, 0) is 50.2 Å². The third-order valence-corrected chi connectivity index (χ3v) is 3.04. The maximum atomic E-state index is 12.8. The van der Waals surface area contributed by atoms with Crippen LogP contribution in [0.4, 0.5) is 4.39 Å². The Labute approximate surface area is 104 Å². The molecule has 1 atom stereocenters. The van der Waals surface area contributed by atoms with Gasteiger partial charge in [0.25, 0.3) is 0 Å². The van der Waals surface area contributed by atoms with E-state index < -0.39 is 0 Å². The molecule has 2 N–H and O–H groups in total. The van der Waals surface area contributed by atoms with Crippen LogP contribution in [-0.2, 0) is 0 Å². The average molecular weight is 238 g/mol. The van der Waals surface area contributed by atoms with E-state index in [1.807, 2.05) is 0 Å². The summed E-state index contributed by atoms with van der Waals surface area (Å²) in [6.07, 6.45) is 2.08. The smallest absolute Gasteiger partial charge is 0.123 e. The molecule has 0 saturated carbocycles. The summed E-state index contributed by atoms with van der Waals surface area (Å²) < 4.78 is 12.8. The fourth-order valence-electron chi connectivity index (χ4n) is 1.94. The molecule has 0 bridgehead atoms. The third kappa shape index (κ3) is 4.84. The summed E-state index contributed by atoms with van der Waals surface area (Å²) in [7, 11) is 0. The molecule has 1 rings (SSSR count). The Kier molecular flexibility index (Phi) is 6.16. The highest BCUT2D eigenvalue weighted by Crippen LogP contribution is 2.15. The number of hydrogen-bond donors (Lipinski definition) is 1. The molecule has 0 aliphatic carbocycles. The predicted octanol–water partition coefficient (Wildman–Crippen LogP) is 2.95. The van der Waals surface area contributed by atoms with E-state index in [0.29, 0.717) is 0 Å². The van der Waals surface area contributed by atoms with E-state index in [4.69, 9.17) is 5.73 Å². The van der Waals surface area contributed by atoms with Crippen LogP contribution < -0.4 is 5.73 Å². The number of benzene rings is 1. The zero-order valence-electron chi connectivity index (χ0n) is 10.8. The lowest BCUT2D eigenvalue weighted by atomic mass is 10.0. The third-order valence-electron chi connectivity index (χ3n) is 3.04. The summed E-state index contributed by atoms with van der Waals surface area (Å²) in [4.78, 5) is 2.39. The number of nitrogens with zero attached hydrogens (tertiary/aromatic N) is 1. The first-order chi connectivity index (χ1) is 8.17. The van der Waals surface area contributed by atoms with Crippen LogP contribution in [0.5, 0.6) is 0 Å². The molecule has 2 nitrogen and oxygen atoms in total. The summed E-state index contributed by atoms with van der Waals surface area (Å²) in [5, 5.41) is 0. The molecule has 0 fully saturated rings. The average Bonchev–Trinajstić information content (AvgIpc) is 2.35. The number of rotatable bonds is 7. The van der Waals surface area contributed by atoms with Crippen LogP contribution in [0.25, 0.3) is 0 Å². The lowest BCUT2D eigenvalue weighted by molar-refractivity contribution is 0.277. The number of hydrogen-bond acceptors (Lipinski definition) is 2. The zero-order chi connectivity index (χ0) is 12.7. The zero-order valence-corrected chi connectivity index (χ0v) is 10.8. The van der Waals surface area contributed by atoms with Crippen molar-refractivity contribution in [2.75, 3.05) is 19.6 Å². The summed E-state index contributed by atoms with van der Waals surface area (Å²) >= 11 is 0. The normalized spacial score (nSPS) is 13.0. The molecule has 1 unspecified atom stereocenters. The van der Waals surface area contributed by atoms with Crippen molar-refractivity contribution < 1.29 is 4.39 Å². The SMILES string of the molecule is CCCN(CC)CCC(N)c1ccc(F)cc1. The Morgan fingerprint density at radius 1 is 1.18 bits per heavy atom. The second-order valence-corrected chi connectivity index (χ2v) is 4.38. The molecule has 1 aromatic rings. The minimum Gasteiger partial charge on any atom is -0.324 e. The lowest BCUT2D eigenvalue weighted by Crippen LogP contribution is -2.28. The van der Waals surface area contributed by atoms with Crippen molar-refractivity contribution in [3.63, 3.8) is 0 Å². The van der Waals surface area contributed by atoms with E-state index in [9.17, 15) is 4.39 Å². The fourth-order valence-corrected chi connectivity index (χ4v) is 1.94. The van der Waals surface area contributed by atoms with Crippen LogP contribution in [0.2, 0.25) is 0 Å². The first-order valence-electron chi connectivity index (χ1n) is 6.40. The molecule has 0 aliphatic heterocycles. The quantitative estimate of drug-likeness (QED) is 0.791. The van der Waals surface area contributed by atoms with Gasteiger partial charge in [-0.3, -0.25) is 0 Å². The monoisotopic (exact) mass is 238 g/mol. The summed E-state index contributed by atoms with van der Waals surface area (Å²) in [5.41, 5.74) is 7.11. The Morgan fingerprint density at radius 3 is 2.35 bits per heavy atom. The molecular weight excluding hydrogens is 215 g/mol. The second kappa shape index (κ2) is 7.41. The van der Waals surface area contributed by atoms with E-state index in [1.165, 1.54) is 18.6 Å². The predicted molar refractivity (Wildman–Crippen MR) is 70.4 cm³/mol. The highest BCUT2D eigenvalue weighted by Gasteiger charge is 2.08. The Bertz CT molecular complexity index is 311. The van der Waals surface area contributed by atoms with E-state index in [2.05, 4.69) is 18.7 Å². The van der Waals surface area contributed by atoms with Gasteiger partial charge in [-0.15, -0.1) is 0 Å². The number of halogens is 1. The van der Waals surface area contributed by atoms with Crippen LogP contribution in [0.15, 0.2) is 24.3 Å². The van der Waals surface area contributed by atoms with E-state index in [1.54, 1.807) is 12.1 Å². The maximum absolute atomic E-state index is 12.8. The molecule has 0 radical (unpaired) electrons. The van der Waals surface area contributed by atoms with Gasteiger partial charge >= 0.3 is 0 Å². The van der Waals surface area contributed by atoms with Crippen molar-refractivity contribution >= 4 is 0 Å². The summed E-state index contributed by atoms with van der Waals surface area (Å²) in [6, 6.07) is 6.49. The molecule has 0 aromatic heterocycles. The molecule has 0 saturated heterocycles. The van der Waals surface area contributed by atoms with Crippen molar-refractivity contribution in [2.24, 2.45) is 5.73 Å². The maximum Gasteiger partial charge on any atom is 0.123 e. The Morgan fingerprint density at radius 2 is 1.82 bits per heavy atom. The van der Waals surface area contributed by atoms with Crippen molar-refractivity contribution in [1.82, 2.24) is 4.90 Å². The molecule has 0 spiro atoms. The molecule has 0 amide bonds. The highest BCUT2D eigenvalue weighted by atomic mass is 19.1. The van der Waals surface area contributed by atoms with Gasteiger partial charge in [0.2, 0.25) is 0 Å². The van der Waals surface area contributed by atoms with Crippen molar-refractivity contribution in [3.05, 3.63) is 35.6 Å². The van der Waals surface area contributed by atoms with Gasteiger partial charge in [0, 0.05) is 6.04 Å². The van der Waals surface area contributed by atoms with E-state index in [0.717, 1.165) is 31.6 Å². The van der Waals surface area contributed by atoms with Crippen molar-refractivity contribution in [3.8, 4) is 0 Å². The van der Waals surface area contributed by atoms with Gasteiger partial charge in [-0.1, -0.05) is 26.0 Å². The minimum atomic E-state index is -0.206. The summed E-state index contributed by atoms with van der Waals surface area (Å²) in [5.74, 6) is -0.206. The molecule has 0 heterocycles. The second-order valence-electron chi connectivity index (χ2n) is 4.38.